The van der Waals surface area contributed by atoms with Gasteiger partial charge in [0.15, 0.2) is 0 Å². The summed E-state index contributed by atoms with van der Waals surface area (Å²) in [7, 11) is 0. The van der Waals surface area contributed by atoms with Crippen LogP contribution in [0.25, 0.3) is 5.95 Å². The van der Waals surface area contributed by atoms with E-state index < -0.39 is 0 Å². The zero-order valence-corrected chi connectivity index (χ0v) is 20.2. The van der Waals surface area contributed by atoms with Crippen LogP contribution in [-0.2, 0) is 4.74 Å². The summed E-state index contributed by atoms with van der Waals surface area (Å²) in [6, 6.07) is 0.112. The van der Waals surface area contributed by atoms with Crippen molar-refractivity contribution in [1.29, 1.82) is 0 Å². The van der Waals surface area contributed by atoms with Gasteiger partial charge in [0.05, 0.1) is 17.0 Å². The molecule has 0 aromatic carbocycles. The molecule has 0 radical (unpaired) electrons. The topological polar surface area (TPSA) is 105 Å². The normalized spacial score (nSPS) is 21.1. The molecule has 3 aliphatic heterocycles. The smallest absolute Gasteiger partial charge is 0.410 e. The molecule has 34 heavy (non-hydrogen) atoms. The number of rotatable bonds is 3. The molecule has 0 bridgehead atoms. The zero-order valence-electron chi connectivity index (χ0n) is 20.2. The maximum absolute atomic E-state index is 13.4. The molecule has 0 unspecified atom stereocenters. The minimum Gasteiger partial charge on any atom is -0.443 e. The van der Waals surface area contributed by atoms with Gasteiger partial charge in [0.1, 0.15) is 11.4 Å². The van der Waals surface area contributed by atoms with E-state index in [9.17, 15) is 9.59 Å². The maximum atomic E-state index is 13.4. The van der Waals surface area contributed by atoms with Crippen LogP contribution in [0.3, 0.4) is 0 Å². The van der Waals surface area contributed by atoms with Crippen molar-refractivity contribution in [3.8, 4) is 5.95 Å². The van der Waals surface area contributed by atoms with Gasteiger partial charge in [-0.2, -0.15) is 0 Å². The lowest BCUT2D eigenvalue weighted by atomic mass is 9.87. The molecular formula is C24H33N7O3. The highest BCUT2D eigenvalue weighted by Gasteiger charge is 2.43. The third-order valence-electron chi connectivity index (χ3n) is 7.57. The first-order chi connectivity index (χ1) is 16.4. The van der Waals surface area contributed by atoms with Crippen LogP contribution in [0.15, 0.2) is 12.4 Å². The fraction of sp³-hybridized carbons (Fsp3) is 0.625. The number of carbonyl (C=O) groups excluding carboxylic acids is 2. The van der Waals surface area contributed by atoms with E-state index in [0.717, 1.165) is 57.6 Å². The lowest BCUT2D eigenvalue weighted by Crippen LogP contribution is -2.57. The fourth-order valence-electron chi connectivity index (χ4n) is 5.52. The van der Waals surface area contributed by atoms with E-state index in [0.29, 0.717) is 36.0 Å². The second kappa shape index (κ2) is 8.98. The van der Waals surface area contributed by atoms with E-state index in [1.807, 2.05) is 41.3 Å². The number of amides is 2. The average molecular weight is 468 g/mol. The molecule has 3 fully saturated rings. The van der Waals surface area contributed by atoms with Crippen LogP contribution in [0.2, 0.25) is 0 Å². The lowest BCUT2D eigenvalue weighted by molar-refractivity contribution is -0.0757. The summed E-state index contributed by atoms with van der Waals surface area (Å²) in [5.41, 5.74) is 1.60. The molecule has 10 heteroatoms. The van der Waals surface area contributed by atoms with Gasteiger partial charge in [0.25, 0.3) is 5.91 Å². The van der Waals surface area contributed by atoms with Gasteiger partial charge < -0.3 is 19.9 Å². The number of carbonyl (C=O) groups is 2. The minimum absolute atomic E-state index is 0.0442. The molecular weight excluding hydrogens is 434 g/mol. The van der Waals surface area contributed by atoms with Crippen molar-refractivity contribution in [1.82, 2.24) is 34.6 Å². The number of aryl methyl sites for hydroxylation is 3. The summed E-state index contributed by atoms with van der Waals surface area (Å²) >= 11 is 0. The number of nitrogens with one attached hydrogen (secondary N) is 1. The van der Waals surface area contributed by atoms with E-state index in [-0.39, 0.29) is 23.6 Å². The second-order valence-electron chi connectivity index (χ2n) is 9.68. The Bertz CT molecular complexity index is 1060. The first-order valence-corrected chi connectivity index (χ1v) is 12.2. The van der Waals surface area contributed by atoms with Gasteiger partial charge in [0, 0.05) is 44.5 Å². The number of imidazole rings is 1. The van der Waals surface area contributed by atoms with Crippen molar-refractivity contribution in [3.63, 3.8) is 0 Å². The predicted octanol–water partition coefficient (Wildman–Crippen LogP) is 2.16. The molecule has 2 aromatic heterocycles. The van der Waals surface area contributed by atoms with Crippen LogP contribution < -0.4 is 5.32 Å². The molecule has 0 saturated carbocycles. The molecule has 0 aliphatic carbocycles. The number of aromatic nitrogens is 4. The summed E-state index contributed by atoms with van der Waals surface area (Å²) in [5, 5.41) is 3.34. The molecule has 182 valence electrons. The summed E-state index contributed by atoms with van der Waals surface area (Å²) in [6.07, 6.45) is 7.49. The van der Waals surface area contributed by atoms with Gasteiger partial charge in [-0.1, -0.05) is 0 Å². The molecule has 3 saturated heterocycles. The Morgan fingerprint density at radius 1 is 1.06 bits per heavy atom. The van der Waals surface area contributed by atoms with Gasteiger partial charge in [-0.3, -0.25) is 9.36 Å². The van der Waals surface area contributed by atoms with Gasteiger partial charge in [-0.25, -0.2) is 19.7 Å². The highest BCUT2D eigenvalue weighted by molar-refractivity contribution is 5.96. The largest absolute Gasteiger partial charge is 0.443 e. The number of likely N-dealkylation sites (tertiary alicyclic amines) is 1. The van der Waals surface area contributed by atoms with Crippen molar-refractivity contribution in [2.75, 3.05) is 32.7 Å². The molecule has 0 atom stereocenters. The molecule has 2 amide bonds. The summed E-state index contributed by atoms with van der Waals surface area (Å²) < 4.78 is 7.76. The predicted molar refractivity (Wildman–Crippen MR) is 125 cm³/mol. The molecule has 10 nitrogen and oxygen atoms in total. The van der Waals surface area contributed by atoms with E-state index in [2.05, 4.69) is 20.3 Å². The molecule has 5 rings (SSSR count). The van der Waals surface area contributed by atoms with Crippen molar-refractivity contribution in [2.24, 2.45) is 0 Å². The van der Waals surface area contributed by atoms with Gasteiger partial charge in [0.2, 0.25) is 5.95 Å². The van der Waals surface area contributed by atoms with E-state index in [4.69, 9.17) is 4.74 Å². The van der Waals surface area contributed by atoms with Crippen LogP contribution in [0.1, 0.15) is 59.7 Å². The summed E-state index contributed by atoms with van der Waals surface area (Å²) in [4.78, 5) is 43.3. The second-order valence-corrected chi connectivity index (χ2v) is 9.68. The lowest BCUT2D eigenvalue weighted by Gasteiger charge is -2.47. The highest BCUT2D eigenvalue weighted by Crippen LogP contribution is 2.34. The Balaban J connectivity index is 1.23. The fourth-order valence-corrected chi connectivity index (χ4v) is 5.52. The SMILES string of the molecule is Cc1nc(-n2ccnc2C)nc(C)c1C(=O)N1CCC(N2CCC3(CCNCC3)OC2=O)CC1. The molecule has 1 N–H and O–H groups in total. The van der Waals surface area contributed by atoms with Gasteiger partial charge in [-0.05, 0) is 59.5 Å². The molecule has 3 aliphatic rings. The molecule has 1 spiro atoms. The number of piperidine rings is 2. The van der Waals surface area contributed by atoms with E-state index >= 15 is 0 Å². The quantitative estimate of drug-likeness (QED) is 0.737. The number of hydrogen-bond acceptors (Lipinski definition) is 7. The van der Waals surface area contributed by atoms with Crippen molar-refractivity contribution < 1.29 is 14.3 Å². The Morgan fingerprint density at radius 2 is 1.74 bits per heavy atom. The average Bonchev–Trinajstić information content (AvgIpc) is 3.25. The maximum Gasteiger partial charge on any atom is 0.410 e. The van der Waals surface area contributed by atoms with Crippen molar-refractivity contribution >= 4 is 12.0 Å². The Hall–Kier alpha value is -3.01. The Kier molecular flexibility index (Phi) is 6.01. The van der Waals surface area contributed by atoms with Gasteiger partial charge >= 0.3 is 6.09 Å². The monoisotopic (exact) mass is 467 g/mol. The standard InChI is InChI=1S/C24H33N7O3/c1-16-20(17(2)28-22(27-16)30-15-11-26-18(30)3)21(32)29-12-4-19(5-13-29)31-14-8-24(34-23(31)33)6-9-25-10-7-24/h11,15,19,25H,4-10,12-14H2,1-3H3. The first kappa shape index (κ1) is 22.8. The number of ether oxygens (including phenoxy) is 1. The zero-order chi connectivity index (χ0) is 23.9. The summed E-state index contributed by atoms with van der Waals surface area (Å²) in [6.45, 7) is 9.33. The molecule has 5 heterocycles. The molecule has 2 aromatic rings. The third kappa shape index (κ3) is 4.15. The van der Waals surface area contributed by atoms with Crippen molar-refractivity contribution in [2.45, 2.75) is 64.5 Å². The highest BCUT2D eigenvalue weighted by atomic mass is 16.6. The van der Waals surface area contributed by atoms with Crippen LogP contribution >= 0.6 is 0 Å². The summed E-state index contributed by atoms with van der Waals surface area (Å²) in [5.74, 6) is 1.27. The van der Waals surface area contributed by atoms with E-state index in [1.54, 1.807) is 6.20 Å². The van der Waals surface area contributed by atoms with Crippen LogP contribution in [-0.4, -0.2) is 85.7 Å². The minimum atomic E-state index is -0.286. The van der Waals surface area contributed by atoms with Crippen molar-refractivity contribution in [3.05, 3.63) is 35.2 Å². The number of nitrogens with zero attached hydrogens (tertiary/aromatic N) is 6. The Labute approximate surface area is 199 Å². The van der Waals surface area contributed by atoms with E-state index in [1.165, 1.54) is 0 Å². The van der Waals surface area contributed by atoms with Crippen LogP contribution in [0.5, 0.6) is 0 Å². The van der Waals surface area contributed by atoms with Crippen LogP contribution in [0.4, 0.5) is 4.79 Å². The first-order valence-electron chi connectivity index (χ1n) is 12.2. The third-order valence-corrected chi connectivity index (χ3v) is 7.57. The Morgan fingerprint density at radius 3 is 2.32 bits per heavy atom. The van der Waals surface area contributed by atoms with Gasteiger partial charge in [-0.15, -0.1) is 0 Å². The number of hydrogen-bond donors (Lipinski definition) is 1. The van der Waals surface area contributed by atoms with Crippen LogP contribution in [0, 0.1) is 20.8 Å².